The first kappa shape index (κ1) is 28.9. The normalized spacial score (nSPS) is 29.0. The Labute approximate surface area is 256 Å². The maximum atomic E-state index is 16.8. The summed E-state index contributed by atoms with van der Waals surface area (Å²) in [4.78, 5) is 17.4. The van der Waals surface area contributed by atoms with Gasteiger partial charge in [-0.25, -0.2) is 26.9 Å². The fraction of sp³-hybridized carbons (Fsp3) is 0.531. The van der Waals surface area contributed by atoms with Crippen molar-refractivity contribution < 1.29 is 26.7 Å². The van der Waals surface area contributed by atoms with Gasteiger partial charge < -0.3 is 20.7 Å². The number of nitrogens with one attached hydrogen (secondary N) is 1. The van der Waals surface area contributed by atoms with E-state index >= 15 is 8.78 Å². The summed E-state index contributed by atoms with van der Waals surface area (Å²) in [6.07, 6.45) is 0.144. The number of piperazine rings is 1. The molecular weight excluding hydrogens is 593 g/mol. The number of rotatable bonds is 5. The highest BCUT2D eigenvalue weighted by atomic mass is 19.3. The van der Waals surface area contributed by atoms with Crippen molar-refractivity contribution in [2.75, 3.05) is 36.9 Å². The molecule has 0 radical (unpaired) electrons. The van der Waals surface area contributed by atoms with E-state index in [0.717, 1.165) is 32.2 Å². The number of pyridine rings is 1. The summed E-state index contributed by atoms with van der Waals surface area (Å²) < 4.78 is 83.1. The minimum absolute atomic E-state index is 0.0213. The Hall–Kier alpha value is -3.58. The van der Waals surface area contributed by atoms with Crippen molar-refractivity contribution in [3.63, 3.8) is 0 Å². The zero-order valence-corrected chi connectivity index (χ0v) is 24.9. The van der Waals surface area contributed by atoms with Gasteiger partial charge in [0.05, 0.1) is 22.2 Å². The van der Waals surface area contributed by atoms with Crippen LogP contribution in [0.2, 0.25) is 0 Å². The average Bonchev–Trinajstić information content (AvgIpc) is 3.62. The second-order valence-electron chi connectivity index (χ2n) is 13.3. The summed E-state index contributed by atoms with van der Waals surface area (Å²) in [5.74, 6) is -2.04. The SMILES string of the molecule is C=C1C[C@H]2[C@@H]3CC[C@H](CN2c2nc(OC[C@@]45CCCN4C[C@H](F)C5)nc4c(F)c(-c5nc(N)cc(C)c5C(F)F)c(F)c1c24)N3. The summed E-state index contributed by atoms with van der Waals surface area (Å²) in [5, 5.41) is 3.75. The van der Waals surface area contributed by atoms with Crippen molar-refractivity contribution >= 4 is 28.1 Å². The summed E-state index contributed by atoms with van der Waals surface area (Å²) >= 11 is 0. The van der Waals surface area contributed by atoms with Gasteiger partial charge in [0.25, 0.3) is 6.43 Å². The highest BCUT2D eigenvalue weighted by molar-refractivity contribution is 6.03. The van der Waals surface area contributed by atoms with E-state index in [1.54, 1.807) is 0 Å². The van der Waals surface area contributed by atoms with Crippen molar-refractivity contribution in [2.45, 2.75) is 81.7 Å². The highest BCUT2D eigenvalue weighted by Crippen LogP contribution is 2.48. The van der Waals surface area contributed by atoms with E-state index in [1.165, 1.54) is 13.0 Å². The maximum Gasteiger partial charge on any atom is 0.319 e. The zero-order chi connectivity index (χ0) is 31.4. The molecule has 0 amide bonds. The fourth-order valence-electron chi connectivity index (χ4n) is 8.64. The summed E-state index contributed by atoms with van der Waals surface area (Å²) in [6.45, 7) is 7.36. The van der Waals surface area contributed by atoms with Crippen molar-refractivity contribution in [1.29, 1.82) is 0 Å². The first-order valence-corrected chi connectivity index (χ1v) is 15.6. The Morgan fingerprint density at radius 3 is 2.78 bits per heavy atom. The van der Waals surface area contributed by atoms with Crippen LogP contribution in [0.5, 0.6) is 6.01 Å². The van der Waals surface area contributed by atoms with E-state index in [1.807, 2.05) is 0 Å². The van der Waals surface area contributed by atoms with Gasteiger partial charge in [-0.2, -0.15) is 9.97 Å². The van der Waals surface area contributed by atoms with Crippen LogP contribution >= 0.6 is 0 Å². The number of fused-ring (bicyclic) bond motifs is 6. The third kappa shape index (κ3) is 4.33. The number of hydrogen-bond donors (Lipinski definition) is 2. The number of nitrogens with zero attached hydrogens (tertiary/aromatic N) is 5. The molecule has 4 saturated heterocycles. The third-order valence-corrected chi connectivity index (χ3v) is 10.6. The molecule has 0 aliphatic carbocycles. The number of aryl methyl sites for hydroxylation is 1. The zero-order valence-electron chi connectivity index (χ0n) is 24.9. The highest BCUT2D eigenvalue weighted by Gasteiger charge is 2.50. The van der Waals surface area contributed by atoms with Crippen LogP contribution in [0, 0.1) is 18.6 Å². The number of ether oxygens (including phenoxy) is 1. The number of benzene rings is 1. The monoisotopic (exact) mass is 627 g/mol. The molecule has 5 atom stereocenters. The summed E-state index contributed by atoms with van der Waals surface area (Å²) in [7, 11) is 0. The van der Waals surface area contributed by atoms with Gasteiger partial charge in [-0.05, 0) is 62.8 Å². The molecule has 8 rings (SSSR count). The number of hydrogen-bond acceptors (Lipinski definition) is 8. The minimum Gasteiger partial charge on any atom is -0.461 e. The van der Waals surface area contributed by atoms with Crippen LogP contribution in [0.1, 0.15) is 61.6 Å². The molecule has 13 heteroatoms. The van der Waals surface area contributed by atoms with Crippen LogP contribution in [0.15, 0.2) is 12.6 Å². The number of aromatic nitrogens is 3. The van der Waals surface area contributed by atoms with E-state index in [4.69, 9.17) is 15.5 Å². The lowest BCUT2D eigenvalue weighted by Crippen LogP contribution is -2.58. The number of anilines is 2. The quantitative estimate of drug-likeness (QED) is 0.360. The van der Waals surface area contributed by atoms with E-state index in [9.17, 15) is 13.2 Å². The first-order valence-electron chi connectivity index (χ1n) is 15.6. The molecule has 7 heterocycles. The Balaban J connectivity index is 1.35. The van der Waals surface area contributed by atoms with Gasteiger partial charge in [0.15, 0.2) is 5.82 Å². The number of halogens is 5. The van der Waals surface area contributed by atoms with Crippen LogP contribution in [-0.2, 0) is 0 Å². The van der Waals surface area contributed by atoms with Gasteiger partial charge >= 0.3 is 6.01 Å². The number of alkyl halides is 3. The molecule has 2 aromatic heterocycles. The molecule has 2 bridgehead atoms. The maximum absolute atomic E-state index is 16.8. The smallest absolute Gasteiger partial charge is 0.319 e. The van der Waals surface area contributed by atoms with E-state index in [2.05, 4.69) is 31.7 Å². The molecular formula is C32H34F5N7O. The second-order valence-corrected chi connectivity index (χ2v) is 13.3. The van der Waals surface area contributed by atoms with Gasteiger partial charge in [0, 0.05) is 48.8 Å². The molecule has 3 aromatic rings. The van der Waals surface area contributed by atoms with E-state index in [0.29, 0.717) is 37.3 Å². The molecule has 238 valence electrons. The average molecular weight is 628 g/mol. The molecule has 8 nitrogen and oxygen atoms in total. The lowest BCUT2D eigenvalue weighted by Gasteiger charge is -2.41. The van der Waals surface area contributed by atoms with Gasteiger partial charge in [0.2, 0.25) is 0 Å². The van der Waals surface area contributed by atoms with Crippen molar-refractivity contribution in [3.05, 3.63) is 41.0 Å². The first-order chi connectivity index (χ1) is 21.5. The van der Waals surface area contributed by atoms with Crippen molar-refractivity contribution in [1.82, 2.24) is 25.2 Å². The molecule has 5 aliphatic heterocycles. The molecule has 5 aliphatic rings. The molecule has 0 saturated carbocycles. The lowest BCUT2D eigenvalue weighted by atomic mass is 9.91. The minimum atomic E-state index is -3.07. The summed E-state index contributed by atoms with van der Waals surface area (Å²) in [5.41, 5.74) is 3.64. The van der Waals surface area contributed by atoms with Crippen molar-refractivity contribution in [2.24, 2.45) is 0 Å². The van der Waals surface area contributed by atoms with Crippen LogP contribution in [0.3, 0.4) is 0 Å². The van der Waals surface area contributed by atoms with Gasteiger partial charge in [-0.1, -0.05) is 6.58 Å². The molecule has 1 aromatic carbocycles. The van der Waals surface area contributed by atoms with Crippen LogP contribution in [-0.4, -0.2) is 75.9 Å². The Morgan fingerprint density at radius 1 is 1.16 bits per heavy atom. The van der Waals surface area contributed by atoms with Crippen molar-refractivity contribution in [3.8, 4) is 17.3 Å². The number of nitrogen functional groups attached to an aromatic ring is 1. The summed E-state index contributed by atoms with van der Waals surface area (Å²) in [6, 6.07) is 1.20. The standard InChI is InChI=1S/C32H34F5N7O/c1-14-8-19-18-5-4-17(39-18)12-44(19)30-23-21(14)25(34)24(27-22(29(36)37)15(2)9-20(38)40-27)26(35)28(23)41-31(42-30)45-13-32-6-3-7-43(32)11-16(33)10-32/h9,16-19,29,39H,1,3-8,10-13H2,2H3,(H2,38,40)/t16-,17-,18+,19+,32+/m1/s1. The molecule has 4 fully saturated rings. The Morgan fingerprint density at radius 2 is 1.98 bits per heavy atom. The van der Waals surface area contributed by atoms with Crippen LogP contribution in [0.25, 0.3) is 27.7 Å². The Kier molecular flexibility index (Phi) is 6.55. The topological polar surface area (TPSA) is 92.4 Å². The lowest BCUT2D eigenvalue weighted by molar-refractivity contribution is 0.107. The molecule has 45 heavy (non-hydrogen) atoms. The Bertz CT molecular complexity index is 1750. The van der Waals surface area contributed by atoms with Gasteiger partial charge in [-0.15, -0.1) is 0 Å². The van der Waals surface area contributed by atoms with Crippen LogP contribution < -0.4 is 20.7 Å². The molecule has 3 N–H and O–H groups in total. The predicted molar refractivity (Wildman–Crippen MR) is 160 cm³/mol. The third-order valence-electron chi connectivity index (χ3n) is 10.6. The van der Waals surface area contributed by atoms with Gasteiger partial charge in [-0.3, -0.25) is 4.90 Å². The molecule has 0 unspecified atom stereocenters. The predicted octanol–water partition coefficient (Wildman–Crippen LogP) is 5.48. The van der Waals surface area contributed by atoms with Crippen LogP contribution in [0.4, 0.5) is 33.6 Å². The fourth-order valence-corrected chi connectivity index (χ4v) is 8.64. The van der Waals surface area contributed by atoms with Gasteiger partial charge in [0.1, 0.15) is 35.7 Å². The molecule has 0 spiro atoms. The second kappa shape index (κ2) is 10.2. The van der Waals surface area contributed by atoms with E-state index < -0.39 is 46.6 Å². The largest absolute Gasteiger partial charge is 0.461 e. The van der Waals surface area contributed by atoms with E-state index in [-0.39, 0.29) is 58.6 Å². The number of nitrogens with two attached hydrogens (primary N) is 1.